The van der Waals surface area contributed by atoms with E-state index in [0.717, 1.165) is 30.6 Å². The number of carbonyl (C=O) groups is 2. The number of rotatable bonds is 7. The molecule has 0 radical (unpaired) electrons. The summed E-state index contributed by atoms with van der Waals surface area (Å²) in [5, 5.41) is 5.28. The lowest BCUT2D eigenvalue weighted by atomic mass is 10.00. The van der Waals surface area contributed by atoms with Gasteiger partial charge < -0.3 is 4.74 Å². The summed E-state index contributed by atoms with van der Waals surface area (Å²) < 4.78 is 7.12. The first-order valence-corrected chi connectivity index (χ1v) is 12.7. The largest absolute Gasteiger partial charge is 0.426 e. The monoisotopic (exact) mass is 493 g/mol. The van der Waals surface area contributed by atoms with Crippen LogP contribution in [-0.2, 0) is 9.59 Å². The van der Waals surface area contributed by atoms with Gasteiger partial charge in [-0.15, -0.1) is 0 Å². The molecule has 0 saturated carbocycles. The molecule has 0 spiro atoms. The Morgan fingerprint density at radius 2 is 1.94 bits per heavy atom. The van der Waals surface area contributed by atoms with Gasteiger partial charge in [-0.3, -0.25) is 19.4 Å². The number of benzene rings is 2. The molecule has 2 aromatic carbocycles. The molecule has 9 heteroatoms. The van der Waals surface area contributed by atoms with E-state index < -0.39 is 12.1 Å². The van der Waals surface area contributed by atoms with Gasteiger partial charge in [0.2, 0.25) is 11.1 Å². The number of aryl methyl sites for hydroxylation is 1. The van der Waals surface area contributed by atoms with Gasteiger partial charge >= 0.3 is 17.2 Å². The van der Waals surface area contributed by atoms with E-state index in [2.05, 4.69) is 11.9 Å². The van der Waals surface area contributed by atoms with Gasteiger partial charge in [-0.25, -0.2) is 4.90 Å². The van der Waals surface area contributed by atoms with Crippen molar-refractivity contribution in [3.63, 3.8) is 0 Å². The van der Waals surface area contributed by atoms with E-state index in [1.54, 1.807) is 21.7 Å². The number of amides is 1. The van der Waals surface area contributed by atoms with Gasteiger partial charge in [-0.05, 0) is 42.3 Å². The average Bonchev–Trinajstić information content (AvgIpc) is 2.81. The van der Waals surface area contributed by atoms with Crippen molar-refractivity contribution in [3.8, 4) is 17.0 Å². The first-order chi connectivity index (χ1) is 16.8. The van der Waals surface area contributed by atoms with Crippen LogP contribution in [0.4, 0.5) is 5.69 Å². The van der Waals surface area contributed by atoms with Crippen LogP contribution in [0.3, 0.4) is 0 Å². The first kappa shape index (κ1) is 24.7. The molecule has 3 aromatic rings. The third kappa shape index (κ3) is 5.00. The van der Waals surface area contributed by atoms with E-state index in [1.807, 2.05) is 37.3 Å². The van der Waals surface area contributed by atoms with Crippen molar-refractivity contribution < 1.29 is 19.0 Å². The number of ether oxygens (including phenoxy) is 1. The van der Waals surface area contributed by atoms with Gasteiger partial charge in [-0.1, -0.05) is 55.3 Å². The number of anilines is 1. The fourth-order valence-corrected chi connectivity index (χ4v) is 5.15. The Morgan fingerprint density at radius 1 is 1.17 bits per heavy atom. The number of esters is 1. The minimum absolute atomic E-state index is 0.227. The van der Waals surface area contributed by atoms with Crippen LogP contribution in [0.25, 0.3) is 11.3 Å². The number of aromatic nitrogens is 3. The molecule has 0 fully saturated rings. The number of aromatic amines is 1. The normalized spacial score (nSPS) is 14.3. The number of fused-ring (bicyclic) bond motifs is 3. The third-order valence-electron chi connectivity index (χ3n) is 5.78. The summed E-state index contributed by atoms with van der Waals surface area (Å²) in [5.74, 6) is 0.431. The van der Waals surface area contributed by atoms with Crippen molar-refractivity contribution in [2.45, 2.75) is 58.3 Å². The van der Waals surface area contributed by atoms with E-state index in [1.165, 1.54) is 25.6 Å². The Bertz CT molecular complexity index is 1340. The second-order valence-electron chi connectivity index (χ2n) is 8.52. The summed E-state index contributed by atoms with van der Waals surface area (Å²) in [4.78, 5) is 42.9. The van der Waals surface area contributed by atoms with Gasteiger partial charge in [0.1, 0.15) is 5.75 Å². The summed E-state index contributed by atoms with van der Waals surface area (Å²) in [6, 6.07) is 12.7. The molecule has 4 rings (SSSR count). The zero-order valence-electron chi connectivity index (χ0n) is 20.3. The van der Waals surface area contributed by atoms with E-state index in [4.69, 9.17) is 9.84 Å². The second-order valence-corrected chi connectivity index (χ2v) is 9.61. The molecule has 1 aliphatic rings. The predicted molar refractivity (Wildman–Crippen MR) is 135 cm³/mol. The van der Waals surface area contributed by atoms with Crippen LogP contribution >= 0.6 is 11.8 Å². The molecule has 1 aromatic heterocycles. The van der Waals surface area contributed by atoms with Crippen LogP contribution in [-0.4, -0.2) is 27.7 Å². The second kappa shape index (κ2) is 10.4. The molecule has 1 N–H and O–H groups in total. The number of nitrogens with zero attached hydrogens (tertiary/aromatic N) is 3. The van der Waals surface area contributed by atoms with Crippen molar-refractivity contribution in [3.05, 3.63) is 63.9 Å². The minimum Gasteiger partial charge on any atom is -0.426 e. The van der Waals surface area contributed by atoms with Crippen molar-refractivity contribution in [2.75, 3.05) is 10.7 Å². The molecule has 1 aliphatic heterocycles. The highest BCUT2D eigenvalue weighted by Crippen LogP contribution is 2.40. The molecular formula is C26H29N4O4S+. The molecule has 2 heterocycles. The molecule has 8 nitrogen and oxygen atoms in total. The Hall–Kier alpha value is -3.46. The van der Waals surface area contributed by atoms with Crippen LogP contribution < -0.4 is 19.9 Å². The van der Waals surface area contributed by atoms with E-state index in [-0.39, 0.29) is 11.5 Å². The van der Waals surface area contributed by atoms with Gasteiger partial charge in [0, 0.05) is 24.7 Å². The first-order valence-electron chi connectivity index (χ1n) is 11.7. The molecule has 0 bridgehead atoms. The molecule has 1 atom stereocenters. The summed E-state index contributed by atoms with van der Waals surface area (Å²) in [5.41, 5.74) is 2.74. The Balaban J connectivity index is 1.97. The molecule has 0 unspecified atom stereocenters. The van der Waals surface area contributed by atoms with E-state index >= 15 is 0 Å². The van der Waals surface area contributed by atoms with Gasteiger partial charge in [0.05, 0.1) is 16.8 Å². The van der Waals surface area contributed by atoms with Crippen molar-refractivity contribution in [2.24, 2.45) is 0 Å². The minimum atomic E-state index is -0.816. The number of unbranched alkanes of at least 4 members (excludes halogenated alkanes) is 2. The smallest absolute Gasteiger partial charge is 0.325 e. The van der Waals surface area contributed by atoms with Crippen LogP contribution in [0.5, 0.6) is 5.75 Å². The lowest BCUT2D eigenvalue weighted by molar-refractivity contribution is -0.763. The highest BCUT2D eigenvalue weighted by molar-refractivity contribution is 7.99. The van der Waals surface area contributed by atoms with Gasteiger partial charge in [-0.2, -0.15) is 0 Å². The Kier molecular flexibility index (Phi) is 7.35. The molecular weight excluding hydrogens is 464 g/mol. The average molecular weight is 494 g/mol. The standard InChI is InChI=1S/C26H28N4O4S/c1-5-6-9-14-35-26-27-24(33)23-19-10-7-8-11-21(19)29(17(3)31)25(30(23)28-26)20-15-16(2)12-13-22(20)34-18(4)32/h7-8,10-13,15,25H,5-6,9,14H2,1-4H3/p+1/t25-/m0/s1. The summed E-state index contributed by atoms with van der Waals surface area (Å²) >= 11 is 1.48. The van der Waals surface area contributed by atoms with Gasteiger partial charge in [0.15, 0.2) is 0 Å². The third-order valence-corrected chi connectivity index (χ3v) is 6.73. The van der Waals surface area contributed by atoms with Gasteiger partial charge in [0.25, 0.3) is 6.17 Å². The lowest BCUT2D eigenvalue weighted by Gasteiger charge is -2.32. The number of hydrogen-bond donors (Lipinski definition) is 1. The van der Waals surface area contributed by atoms with Crippen molar-refractivity contribution >= 4 is 29.3 Å². The number of nitrogens with one attached hydrogen (secondary N) is 1. The number of thioether (sulfide) groups is 1. The number of para-hydroxylation sites is 1. The van der Waals surface area contributed by atoms with Crippen LogP contribution in [0.1, 0.15) is 57.3 Å². The molecule has 182 valence electrons. The summed E-state index contributed by atoms with van der Waals surface area (Å²) in [7, 11) is 0. The van der Waals surface area contributed by atoms with E-state index in [0.29, 0.717) is 33.4 Å². The number of hydrogen-bond acceptors (Lipinski definition) is 6. The fourth-order valence-electron chi connectivity index (χ4n) is 4.30. The zero-order valence-corrected chi connectivity index (χ0v) is 21.1. The Labute approximate surface area is 208 Å². The highest BCUT2D eigenvalue weighted by Gasteiger charge is 2.46. The maximum absolute atomic E-state index is 13.4. The molecule has 0 saturated heterocycles. The lowest BCUT2D eigenvalue weighted by Crippen LogP contribution is -2.60. The topological polar surface area (TPSA) is 96.2 Å². The Morgan fingerprint density at radius 3 is 2.66 bits per heavy atom. The van der Waals surface area contributed by atoms with Crippen LogP contribution in [0.15, 0.2) is 52.4 Å². The SMILES string of the molecule is CCCCCSc1n[n+]2c(c(=O)[nH]1)-c1ccccc1N(C(C)=O)[C@@H]2c1cc(C)ccc1OC(C)=O. The van der Waals surface area contributed by atoms with E-state index in [9.17, 15) is 14.4 Å². The zero-order chi connectivity index (χ0) is 25.1. The van der Waals surface area contributed by atoms with Crippen LogP contribution in [0.2, 0.25) is 0 Å². The number of carbonyl (C=O) groups excluding carboxylic acids is 2. The molecule has 1 amide bonds. The summed E-state index contributed by atoms with van der Waals surface area (Å²) in [6.07, 6.45) is 2.39. The number of H-pyrrole nitrogens is 1. The fraction of sp³-hybridized carbons (Fsp3) is 0.346. The highest BCUT2D eigenvalue weighted by atomic mass is 32.2. The van der Waals surface area contributed by atoms with Crippen LogP contribution in [0, 0.1) is 6.92 Å². The van der Waals surface area contributed by atoms with Crippen molar-refractivity contribution in [1.29, 1.82) is 0 Å². The summed E-state index contributed by atoms with van der Waals surface area (Å²) in [6.45, 7) is 6.87. The predicted octanol–water partition coefficient (Wildman–Crippen LogP) is 4.15. The van der Waals surface area contributed by atoms with Crippen molar-refractivity contribution in [1.82, 2.24) is 10.1 Å². The quantitative estimate of drug-likeness (QED) is 0.175. The molecule has 35 heavy (non-hydrogen) atoms. The maximum atomic E-state index is 13.4. The molecule has 0 aliphatic carbocycles. The maximum Gasteiger partial charge on any atom is 0.325 e.